The standard InChI is InChI=1S/C12H7BrN2O2/c13-7-1-3-9-12(5-7)15(17)11-4-2-8(16)6-10(11)14-9/h1-6,16H. The van der Waals surface area contributed by atoms with Crippen LogP contribution in [0.4, 0.5) is 0 Å². The van der Waals surface area contributed by atoms with Crippen molar-refractivity contribution >= 4 is 38.0 Å². The van der Waals surface area contributed by atoms with Gasteiger partial charge in [-0.05, 0) is 18.2 Å². The van der Waals surface area contributed by atoms with Crippen LogP contribution in [0.5, 0.6) is 5.75 Å². The summed E-state index contributed by atoms with van der Waals surface area (Å²) < 4.78 is 1.65. The van der Waals surface area contributed by atoms with Crippen LogP contribution in [0.2, 0.25) is 0 Å². The molecule has 4 nitrogen and oxygen atoms in total. The van der Waals surface area contributed by atoms with E-state index < -0.39 is 0 Å². The van der Waals surface area contributed by atoms with Gasteiger partial charge in [-0.3, -0.25) is 0 Å². The lowest BCUT2D eigenvalue weighted by Gasteiger charge is -2.05. The van der Waals surface area contributed by atoms with Gasteiger partial charge in [0, 0.05) is 22.7 Å². The number of fused-ring (bicyclic) bond motifs is 2. The molecular formula is C12H7BrN2O2. The largest absolute Gasteiger partial charge is 0.618 e. The molecule has 17 heavy (non-hydrogen) atoms. The van der Waals surface area contributed by atoms with Gasteiger partial charge in [0.05, 0.1) is 0 Å². The number of hydrogen-bond donors (Lipinski definition) is 1. The van der Waals surface area contributed by atoms with Gasteiger partial charge in [-0.1, -0.05) is 15.9 Å². The third-order valence-electron chi connectivity index (χ3n) is 2.57. The highest BCUT2D eigenvalue weighted by Crippen LogP contribution is 2.20. The monoisotopic (exact) mass is 290 g/mol. The zero-order valence-electron chi connectivity index (χ0n) is 8.59. The Morgan fingerprint density at radius 1 is 1.06 bits per heavy atom. The number of rotatable bonds is 0. The molecular weight excluding hydrogens is 284 g/mol. The molecule has 0 atom stereocenters. The third-order valence-corrected chi connectivity index (χ3v) is 3.07. The van der Waals surface area contributed by atoms with E-state index in [1.165, 1.54) is 12.1 Å². The summed E-state index contributed by atoms with van der Waals surface area (Å²) in [5.74, 6) is 0.0986. The number of aromatic hydroxyl groups is 1. The number of benzene rings is 2. The second-order valence-corrected chi connectivity index (χ2v) is 4.63. The van der Waals surface area contributed by atoms with Crippen molar-refractivity contribution in [2.24, 2.45) is 0 Å². The van der Waals surface area contributed by atoms with Crippen LogP contribution < -0.4 is 4.73 Å². The van der Waals surface area contributed by atoms with Gasteiger partial charge in [0.25, 0.3) is 0 Å². The predicted octanol–water partition coefficient (Wildman–Crippen LogP) is 2.49. The van der Waals surface area contributed by atoms with E-state index in [4.69, 9.17) is 0 Å². The molecule has 0 aliphatic rings. The molecule has 0 saturated heterocycles. The van der Waals surface area contributed by atoms with E-state index in [-0.39, 0.29) is 5.75 Å². The van der Waals surface area contributed by atoms with Gasteiger partial charge < -0.3 is 10.3 Å². The molecule has 0 bridgehead atoms. The maximum atomic E-state index is 12.1. The molecule has 0 radical (unpaired) electrons. The summed E-state index contributed by atoms with van der Waals surface area (Å²) in [5, 5.41) is 21.5. The van der Waals surface area contributed by atoms with Gasteiger partial charge in [-0.2, -0.15) is 4.73 Å². The molecule has 3 aromatic rings. The summed E-state index contributed by atoms with van der Waals surface area (Å²) in [4.78, 5) is 4.34. The lowest BCUT2D eigenvalue weighted by Crippen LogP contribution is -2.28. The van der Waals surface area contributed by atoms with E-state index >= 15 is 0 Å². The first kappa shape index (κ1) is 10.3. The molecule has 0 aliphatic heterocycles. The van der Waals surface area contributed by atoms with Crippen LogP contribution in [0.15, 0.2) is 40.9 Å². The van der Waals surface area contributed by atoms with Crippen LogP contribution in [0, 0.1) is 5.21 Å². The summed E-state index contributed by atoms with van der Waals surface area (Å²) >= 11 is 3.32. The number of aromatic nitrogens is 2. The smallest absolute Gasteiger partial charge is 0.244 e. The summed E-state index contributed by atoms with van der Waals surface area (Å²) in [6.45, 7) is 0. The van der Waals surface area contributed by atoms with Crippen molar-refractivity contribution in [2.75, 3.05) is 0 Å². The van der Waals surface area contributed by atoms with Gasteiger partial charge in [-0.25, -0.2) is 4.98 Å². The number of phenolic OH excluding ortho intramolecular Hbond substituents is 1. The molecule has 5 heteroatoms. The fourth-order valence-electron chi connectivity index (χ4n) is 1.79. The first-order valence-electron chi connectivity index (χ1n) is 4.97. The quantitative estimate of drug-likeness (QED) is 0.393. The average molecular weight is 291 g/mol. The SMILES string of the molecule is [O-][n+]1c2ccc(O)cc2nc2ccc(Br)cc21. The van der Waals surface area contributed by atoms with Gasteiger partial charge in [0.2, 0.25) is 11.0 Å². The number of hydrogen-bond acceptors (Lipinski definition) is 3. The molecule has 0 unspecified atom stereocenters. The topological polar surface area (TPSA) is 60.1 Å². The highest BCUT2D eigenvalue weighted by molar-refractivity contribution is 9.10. The molecule has 2 aromatic carbocycles. The van der Waals surface area contributed by atoms with E-state index in [2.05, 4.69) is 20.9 Å². The molecule has 1 N–H and O–H groups in total. The second kappa shape index (κ2) is 3.56. The van der Waals surface area contributed by atoms with Crippen molar-refractivity contribution in [3.05, 3.63) is 46.1 Å². The minimum atomic E-state index is 0.0986. The minimum absolute atomic E-state index is 0.0986. The number of halogens is 1. The van der Waals surface area contributed by atoms with Crippen LogP contribution in [0.25, 0.3) is 22.1 Å². The maximum Gasteiger partial charge on any atom is 0.244 e. The van der Waals surface area contributed by atoms with Crippen LogP contribution >= 0.6 is 15.9 Å². The van der Waals surface area contributed by atoms with Gasteiger partial charge in [0.1, 0.15) is 16.8 Å². The van der Waals surface area contributed by atoms with Crippen LogP contribution in [0.1, 0.15) is 0 Å². The summed E-state index contributed by atoms with van der Waals surface area (Å²) in [6, 6.07) is 9.82. The maximum absolute atomic E-state index is 12.1. The predicted molar refractivity (Wildman–Crippen MR) is 67.6 cm³/mol. The fourth-order valence-corrected chi connectivity index (χ4v) is 2.14. The molecule has 0 aliphatic carbocycles. The van der Waals surface area contributed by atoms with Crippen molar-refractivity contribution in [1.82, 2.24) is 4.98 Å². The Hall–Kier alpha value is -1.88. The Balaban J connectivity index is 2.52. The van der Waals surface area contributed by atoms with Gasteiger partial charge in [-0.15, -0.1) is 0 Å². The third kappa shape index (κ3) is 1.59. The summed E-state index contributed by atoms with van der Waals surface area (Å²) in [6.07, 6.45) is 0. The van der Waals surface area contributed by atoms with E-state index in [0.717, 1.165) is 9.20 Å². The van der Waals surface area contributed by atoms with E-state index in [1.807, 2.05) is 6.07 Å². The van der Waals surface area contributed by atoms with Gasteiger partial charge in [0.15, 0.2) is 0 Å². The lowest BCUT2D eigenvalue weighted by molar-refractivity contribution is -0.548. The van der Waals surface area contributed by atoms with E-state index in [9.17, 15) is 10.3 Å². The van der Waals surface area contributed by atoms with Crippen LogP contribution in [-0.4, -0.2) is 10.1 Å². The Morgan fingerprint density at radius 2 is 1.88 bits per heavy atom. The average Bonchev–Trinajstić information content (AvgIpc) is 2.30. The lowest BCUT2D eigenvalue weighted by atomic mass is 10.2. The second-order valence-electron chi connectivity index (χ2n) is 3.71. The first-order valence-corrected chi connectivity index (χ1v) is 5.76. The molecule has 0 amide bonds. The number of phenols is 1. The van der Waals surface area contributed by atoms with Crippen molar-refractivity contribution in [3.8, 4) is 5.75 Å². The van der Waals surface area contributed by atoms with Crippen molar-refractivity contribution in [1.29, 1.82) is 0 Å². The van der Waals surface area contributed by atoms with Crippen molar-refractivity contribution in [3.63, 3.8) is 0 Å². The highest BCUT2D eigenvalue weighted by atomic mass is 79.9. The Morgan fingerprint density at radius 3 is 2.71 bits per heavy atom. The Labute approximate surface area is 105 Å². The molecule has 3 rings (SSSR count). The zero-order chi connectivity index (χ0) is 12.0. The fraction of sp³-hybridized carbons (Fsp3) is 0. The minimum Gasteiger partial charge on any atom is -0.618 e. The van der Waals surface area contributed by atoms with Gasteiger partial charge >= 0.3 is 0 Å². The molecule has 0 fully saturated rings. The van der Waals surface area contributed by atoms with Crippen LogP contribution in [0.3, 0.4) is 0 Å². The molecule has 1 aromatic heterocycles. The Bertz CT molecular complexity index is 743. The molecule has 0 saturated carbocycles. The zero-order valence-corrected chi connectivity index (χ0v) is 10.2. The van der Waals surface area contributed by atoms with Crippen LogP contribution in [-0.2, 0) is 0 Å². The normalized spacial score (nSPS) is 11.1. The number of nitrogens with zero attached hydrogens (tertiary/aromatic N) is 2. The molecule has 84 valence electrons. The summed E-state index contributed by atoms with van der Waals surface area (Å²) in [5.41, 5.74) is 2.02. The van der Waals surface area contributed by atoms with E-state index in [0.29, 0.717) is 22.1 Å². The highest BCUT2D eigenvalue weighted by Gasteiger charge is 2.12. The van der Waals surface area contributed by atoms with Crippen molar-refractivity contribution < 1.29 is 9.84 Å². The molecule has 1 heterocycles. The summed E-state index contributed by atoms with van der Waals surface area (Å²) in [7, 11) is 0. The van der Waals surface area contributed by atoms with Crippen molar-refractivity contribution in [2.45, 2.75) is 0 Å². The first-order chi connectivity index (χ1) is 8.15. The van der Waals surface area contributed by atoms with E-state index in [1.54, 1.807) is 18.2 Å². The Kier molecular flexibility index (Phi) is 2.16. The molecule has 0 spiro atoms.